The van der Waals surface area contributed by atoms with Crippen LogP contribution in [0.1, 0.15) is 29.3 Å². The lowest BCUT2D eigenvalue weighted by atomic mass is 9.99. The molecule has 2 heterocycles. The van der Waals surface area contributed by atoms with Gasteiger partial charge in [-0.15, -0.1) is 0 Å². The summed E-state index contributed by atoms with van der Waals surface area (Å²) in [6.45, 7) is 6.08. The predicted molar refractivity (Wildman–Crippen MR) is 112 cm³/mol. The molecule has 3 heteroatoms. The highest BCUT2D eigenvalue weighted by Crippen LogP contribution is 2.32. The quantitative estimate of drug-likeness (QED) is 0.761. The number of hydrogen-bond acceptors (Lipinski definition) is 2. The van der Waals surface area contributed by atoms with Gasteiger partial charge in [0.05, 0.1) is 6.10 Å². The number of nitrogens with zero attached hydrogens (tertiary/aromatic N) is 2. The molecule has 0 saturated carbocycles. The zero-order valence-electron chi connectivity index (χ0n) is 16.7. The molecule has 0 radical (unpaired) electrons. The molecule has 0 aliphatic carbocycles. The van der Waals surface area contributed by atoms with E-state index in [2.05, 4.69) is 72.0 Å². The second-order valence-corrected chi connectivity index (χ2v) is 8.08. The van der Waals surface area contributed by atoms with E-state index < -0.39 is 0 Å². The van der Waals surface area contributed by atoms with E-state index in [0.717, 1.165) is 32.4 Å². The molecule has 2 atom stereocenters. The van der Waals surface area contributed by atoms with Gasteiger partial charge < -0.3 is 14.6 Å². The maximum atomic E-state index is 10.3. The molecule has 0 fully saturated rings. The number of aliphatic hydroxyl groups excluding tert-OH is 1. The van der Waals surface area contributed by atoms with Gasteiger partial charge in [0, 0.05) is 42.1 Å². The molecule has 1 aliphatic heterocycles. The van der Waals surface area contributed by atoms with Gasteiger partial charge in [-0.05, 0) is 57.0 Å². The molecule has 4 rings (SSSR count). The molecule has 0 amide bonds. The monoisotopic (exact) mass is 362 g/mol. The number of rotatable bonds is 4. The maximum absolute atomic E-state index is 10.3. The van der Waals surface area contributed by atoms with Crippen LogP contribution in [0.25, 0.3) is 10.9 Å². The predicted octanol–water partition coefficient (Wildman–Crippen LogP) is 3.97. The van der Waals surface area contributed by atoms with Crippen LogP contribution in [0.3, 0.4) is 0 Å². The first-order valence-electron chi connectivity index (χ1n) is 10.1. The molecule has 27 heavy (non-hydrogen) atoms. The zero-order chi connectivity index (χ0) is 19.0. The third kappa shape index (κ3) is 3.54. The van der Waals surface area contributed by atoms with Crippen molar-refractivity contribution < 1.29 is 5.11 Å². The Labute approximate surface area is 162 Å². The van der Waals surface area contributed by atoms with Crippen LogP contribution in [0.5, 0.6) is 0 Å². The van der Waals surface area contributed by atoms with Crippen molar-refractivity contribution in [2.45, 2.75) is 51.8 Å². The third-order valence-corrected chi connectivity index (χ3v) is 6.15. The van der Waals surface area contributed by atoms with Crippen molar-refractivity contribution in [1.29, 1.82) is 0 Å². The van der Waals surface area contributed by atoms with Crippen molar-refractivity contribution in [3.63, 3.8) is 0 Å². The molecule has 3 nitrogen and oxygen atoms in total. The van der Waals surface area contributed by atoms with Gasteiger partial charge in [0.15, 0.2) is 0 Å². The minimum Gasteiger partial charge on any atom is -0.392 e. The number of likely N-dealkylation sites (N-methyl/N-ethyl adjacent to an activating group) is 1. The van der Waals surface area contributed by atoms with Gasteiger partial charge in [-0.25, -0.2) is 0 Å². The maximum Gasteiger partial charge on any atom is 0.0670 e. The fraction of sp³-hybridized carbons (Fsp3) is 0.417. The topological polar surface area (TPSA) is 28.4 Å². The van der Waals surface area contributed by atoms with E-state index in [1.165, 1.54) is 33.3 Å². The molecule has 0 bridgehead atoms. The van der Waals surface area contributed by atoms with Crippen molar-refractivity contribution in [1.82, 2.24) is 9.47 Å². The molecular formula is C24H30N2O. The normalized spacial score (nSPS) is 19.0. The van der Waals surface area contributed by atoms with Gasteiger partial charge in [-0.3, -0.25) is 0 Å². The van der Waals surface area contributed by atoms with E-state index in [1.54, 1.807) is 0 Å². The average molecular weight is 363 g/mol. The van der Waals surface area contributed by atoms with Crippen LogP contribution in [0, 0.1) is 6.92 Å². The minimum absolute atomic E-state index is 0.180. The molecule has 0 saturated heterocycles. The van der Waals surface area contributed by atoms with E-state index in [0.29, 0.717) is 0 Å². The van der Waals surface area contributed by atoms with Crippen LogP contribution >= 0.6 is 0 Å². The van der Waals surface area contributed by atoms with E-state index in [1.807, 2.05) is 6.92 Å². The third-order valence-electron chi connectivity index (χ3n) is 6.15. The number of benzene rings is 2. The summed E-state index contributed by atoms with van der Waals surface area (Å²) in [6.07, 6.45) is 2.67. The summed E-state index contributed by atoms with van der Waals surface area (Å²) in [5, 5.41) is 11.7. The lowest BCUT2D eigenvalue weighted by molar-refractivity contribution is 0.0798. The van der Waals surface area contributed by atoms with Gasteiger partial charge in [0.25, 0.3) is 0 Å². The van der Waals surface area contributed by atoms with Crippen LogP contribution in [0.4, 0.5) is 0 Å². The number of hydrogen-bond donors (Lipinski definition) is 1. The smallest absolute Gasteiger partial charge is 0.0670 e. The SMILES string of the molecule is Cc1ccc2c(c1)c1c(n2CCc2ccccc2)CCN(C)C(C(C)O)C1. The van der Waals surface area contributed by atoms with E-state index in [4.69, 9.17) is 0 Å². The first-order valence-corrected chi connectivity index (χ1v) is 10.1. The Balaban J connectivity index is 1.77. The summed E-state index contributed by atoms with van der Waals surface area (Å²) >= 11 is 0. The van der Waals surface area contributed by atoms with Crippen molar-refractivity contribution in [3.8, 4) is 0 Å². The highest BCUT2D eigenvalue weighted by molar-refractivity contribution is 5.86. The summed E-state index contributed by atoms with van der Waals surface area (Å²) in [4.78, 5) is 2.33. The standard InChI is InChI=1S/C24H30N2O/c1-17-9-10-22-20(15-17)21-16-24(18(2)27)25(3)13-12-23(21)26(22)14-11-19-7-5-4-6-8-19/h4-10,15,18,24,27H,11-14,16H2,1-3H3. The number of aryl methyl sites for hydroxylation is 3. The van der Waals surface area contributed by atoms with E-state index in [-0.39, 0.29) is 12.1 Å². The van der Waals surface area contributed by atoms with Crippen molar-refractivity contribution in [2.75, 3.05) is 13.6 Å². The summed E-state index contributed by atoms with van der Waals surface area (Å²) in [5.41, 5.74) is 6.93. The average Bonchev–Trinajstić information content (AvgIpc) is 2.82. The Bertz CT molecular complexity index is 926. The molecular weight excluding hydrogens is 332 g/mol. The lowest BCUT2D eigenvalue weighted by Crippen LogP contribution is -2.41. The van der Waals surface area contributed by atoms with Gasteiger partial charge in [-0.2, -0.15) is 0 Å². The Kier molecular flexibility index (Phi) is 5.07. The first kappa shape index (κ1) is 18.3. The van der Waals surface area contributed by atoms with Crippen LogP contribution in [0.15, 0.2) is 48.5 Å². The van der Waals surface area contributed by atoms with Gasteiger partial charge in [-0.1, -0.05) is 42.0 Å². The van der Waals surface area contributed by atoms with E-state index >= 15 is 0 Å². The Morgan fingerprint density at radius 3 is 2.67 bits per heavy atom. The molecule has 142 valence electrons. The molecule has 2 unspecified atom stereocenters. The van der Waals surface area contributed by atoms with E-state index in [9.17, 15) is 5.11 Å². The summed E-state index contributed by atoms with van der Waals surface area (Å²) in [6, 6.07) is 17.8. The number of aliphatic hydroxyl groups is 1. The van der Waals surface area contributed by atoms with Crippen LogP contribution in [-0.4, -0.2) is 40.3 Å². The van der Waals surface area contributed by atoms with Crippen LogP contribution in [-0.2, 0) is 25.8 Å². The summed E-state index contributed by atoms with van der Waals surface area (Å²) in [7, 11) is 2.14. The van der Waals surface area contributed by atoms with Crippen molar-refractivity contribution in [3.05, 3.63) is 70.9 Å². The Morgan fingerprint density at radius 2 is 1.93 bits per heavy atom. The second-order valence-electron chi connectivity index (χ2n) is 8.08. The molecule has 1 aromatic heterocycles. The van der Waals surface area contributed by atoms with Crippen molar-refractivity contribution >= 4 is 10.9 Å². The Morgan fingerprint density at radius 1 is 1.15 bits per heavy atom. The van der Waals surface area contributed by atoms with Gasteiger partial charge in [0.2, 0.25) is 0 Å². The summed E-state index contributed by atoms with van der Waals surface area (Å²) in [5.74, 6) is 0. The fourth-order valence-corrected chi connectivity index (χ4v) is 4.60. The highest BCUT2D eigenvalue weighted by atomic mass is 16.3. The number of aromatic nitrogens is 1. The van der Waals surface area contributed by atoms with Crippen LogP contribution in [0.2, 0.25) is 0 Å². The highest BCUT2D eigenvalue weighted by Gasteiger charge is 2.28. The zero-order valence-corrected chi connectivity index (χ0v) is 16.7. The minimum atomic E-state index is -0.325. The Hall–Kier alpha value is -2.10. The first-order chi connectivity index (χ1) is 13.0. The summed E-state index contributed by atoms with van der Waals surface area (Å²) < 4.78 is 2.54. The molecule has 0 spiro atoms. The fourth-order valence-electron chi connectivity index (χ4n) is 4.60. The molecule has 1 N–H and O–H groups in total. The van der Waals surface area contributed by atoms with Crippen molar-refractivity contribution in [2.24, 2.45) is 0 Å². The molecule has 1 aliphatic rings. The van der Waals surface area contributed by atoms with Gasteiger partial charge >= 0.3 is 0 Å². The molecule has 3 aromatic rings. The number of fused-ring (bicyclic) bond motifs is 3. The molecule has 2 aromatic carbocycles. The lowest BCUT2D eigenvalue weighted by Gasteiger charge is -2.28. The van der Waals surface area contributed by atoms with Crippen LogP contribution < -0.4 is 0 Å². The van der Waals surface area contributed by atoms with Gasteiger partial charge in [0.1, 0.15) is 0 Å². The largest absolute Gasteiger partial charge is 0.392 e. The second kappa shape index (κ2) is 7.49.